The number of carbonyl (C=O) groups is 3. The maximum Gasteiger partial charge on any atom is 0.224 e. The van der Waals surface area contributed by atoms with Crippen LogP contribution >= 0.6 is 0 Å². The first kappa shape index (κ1) is 30.0. The van der Waals surface area contributed by atoms with Gasteiger partial charge in [0, 0.05) is 18.3 Å². The monoisotopic (exact) mass is 544 g/mol. The SMILES string of the molecule is NC(=O)C(CC(=O)C(CC1CCCCC1)C(Cc1ccccc1)(CC1CCCCC1)C(N)=O)Cc1ccccc1. The second-order valence-electron chi connectivity index (χ2n) is 12.6. The number of ketones is 1. The van der Waals surface area contributed by atoms with E-state index in [0.717, 1.165) is 62.5 Å². The van der Waals surface area contributed by atoms with Crippen LogP contribution in [0.4, 0.5) is 0 Å². The molecule has 40 heavy (non-hydrogen) atoms. The number of Topliss-reactive ketones (excluding diaryl/α,β-unsaturated/α-hetero) is 1. The summed E-state index contributed by atoms with van der Waals surface area (Å²) < 4.78 is 0. The normalized spacial score (nSPS) is 19.8. The average molecular weight is 545 g/mol. The van der Waals surface area contributed by atoms with Crippen LogP contribution in [0.1, 0.15) is 94.6 Å². The Morgan fingerprint density at radius 1 is 0.725 bits per heavy atom. The van der Waals surface area contributed by atoms with Gasteiger partial charge in [0.2, 0.25) is 11.8 Å². The Bertz CT molecular complexity index is 1090. The van der Waals surface area contributed by atoms with Gasteiger partial charge in [0.15, 0.2) is 0 Å². The lowest BCUT2D eigenvalue weighted by atomic mass is 9.59. The molecule has 0 aromatic heterocycles. The van der Waals surface area contributed by atoms with Crippen molar-refractivity contribution >= 4 is 17.6 Å². The number of carbonyl (C=O) groups excluding carboxylic acids is 3. The predicted molar refractivity (Wildman–Crippen MR) is 160 cm³/mol. The quantitative estimate of drug-likeness (QED) is 0.281. The molecule has 2 amide bonds. The van der Waals surface area contributed by atoms with Crippen LogP contribution in [0.15, 0.2) is 60.7 Å². The lowest BCUT2D eigenvalue weighted by Gasteiger charge is -2.43. The van der Waals surface area contributed by atoms with Gasteiger partial charge in [-0.1, -0.05) is 125 Å². The lowest BCUT2D eigenvalue weighted by Crippen LogP contribution is -2.50. The Hall–Kier alpha value is -2.95. The summed E-state index contributed by atoms with van der Waals surface area (Å²) >= 11 is 0. The molecule has 2 aliphatic rings. The van der Waals surface area contributed by atoms with Crippen molar-refractivity contribution in [1.82, 2.24) is 0 Å². The number of amides is 2. The van der Waals surface area contributed by atoms with Gasteiger partial charge in [-0.15, -0.1) is 0 Å². The number of rotatable bonds is 14. The largest absolute Gasteiger partial charge is 0.369 e. The molecule has 4 N–H and O–H groups in total. The van der Waals surface area contributed by atoms with Gasteiger partial charge in [-0.25, -0.2) is 0 Å². The van der Waals surface area contributed by atoms with E-state index >= 15 is 0 Å². The Morgan fingerprint density at radius 2 is 1.25 bits per heavy atom. The zero-order valence-corrected chi connectivity index (χ0v) is 24.1. The van der Waals surface area contributed by atoms with E-state index in [-0.39, 0.29) is 18.1 Å². The lowest BCUT2D eigenvalue weighted by molar-refractivity contribution is -0.143. The molecule has 5 heteroatoms. The molecule has 2 aliphatic carbocycles. The van der Waals surface area contributed by atoms with Crippen LogP contribution in [-0.4, -0.2) is 17.6 Å². The molecule has 2 aromatic carbocycles. The summed E-state index contributed by atoms with van der Waals surface area (Å²) in [4.78, 5) is 40.9. The van der Waals surface area contributed by atoms with Gasteiger partial charge in [0.05, 0.1) is 5.41 Å². The number of hydrogen-bond acceptors (Lipinski definition) is 3. The molecule has 3 atom stereocenters. The Labute approximate surface area is 240 Å². The standard InChI is InChI=1S/C35H48N2O3/c36-33(39)30(21-26-13-5-1-6-14-26)23-32(38)31(22-27-15-7-2-8-16-27)35(34(37)40,24-28-17-9-3-10-18-28)25-29-19-11-4-12-20-29/h1,3,5-6,9-10,13-14,17-18,27,29-31H,2,4,7-8,11-12,15-16,19-25H2,(H2,36,39)(H2,37,40). The van der Waals surface area contributed by atoms with E-state index in [1.165, 1.54) is 12.8 Å². The fourth-order valence-electron chi connectivity index (χ4n) is 7.54. The molecule has 0 heterocycles. The highest BCUT2D eigenvalue weighted by atomic mass is 16.2. The van der Waals surface area contributed by atoms with E-state index in [9.17, 15) is 14.4 Å². The molecule has 3 unspecified atom stereocenters. The van der Waals surface area contributed by atoms with Crippen molar-refractivity contribution in [3.8, 4) is 0 Å². The molecule has 0 saturated heterocycles. The van der Waals surface area contributed by atoms with Gasteiger partial charge < -0.3 is 11.5 Å². The highest BCUT2D eigenvalue weighted by Crippen LogP contribution is 2.47. The van der Waals surface area contributed by atoms with E-state index in [2.05, 4.69) is 0 Å². The third kappa shape index (κ3) is 8.05. The van der Waals surface area contributed by atoms with Crippen LogP contribution in [0.2, 0.25) is 0 Å². The Balaban J connectivity index is 1.71. The second-order valence-corrected chi connectivity index (χ2v) is 12.6. The molecule has 0 radical (unpaired) electrons. The second kappa shape index (κ2) is 14.6. The van der Waals surface area contributed by atoms with Crippen LogP contribution in [0.25, 0.3) is 0 Å². The maximum absolute atomic E-state index is 14.5. The van der Waals surface area contributed by atoms with E-state index in [4.69, 9.17) is 11.5 Å². The first-order valence-corrected chi connectivity index (χ1v) is 15.6. The van der Waals surface area contributed by atoms with Gasteiger partial charge >= 0.3 is 0 Å². The van der Waals surface area contributed by atoms with Crippen LogP contribution in [-0.2, 0) is 27.2 Å². The van der Waals surface area contributed by atoms with E-state index < -0.39 is 23.2 Å². The average Bonchev–Trinajstić information content (AvgIpc) is 2.97. The fraction of sp³-hybridized carbons (Fsp3) is 0.571. The zero-order valence-electron chi connectivity index (χ0n) is 24.1. The zero-order chi connectivity index (χ0) is 28.4. The van der Waals surface area contributed by atoms with Crippen molar-refractivity contribution in [3.63, 3.8) is 0 Å². The minimum Gasteiger partial charge on any atom is -0.369 e. The van der Waals surface area contributed by atoms with E-state index in [0.29, 0.717) is 37.5 Å². The summed E-state index contributed by atoms with van der Waals surface area (Å²) in [6.07, 6.45) is 13.6. The predicted octanol–water partition coefficient (Wildman–Crippen LogP) is 6.56. The molecule has 0 aliphatic heterocycles. The van der Waals surface area contributed by atoms with Crippen molar-refractivity contribution in [1.29, 1.82) is 0 Å². The van der Waals surface area contributed by atoms with Crippen molar-refractivity contribution in [2.75, 3.05) is 0 Å². The van der Waals surface area contributed by atoms with Crippen molar-refractivity contribution in [2.24, 2.45) is 40.6 Å². The van der Waals surface area contributed by atoms with E-state index in [1.807, 2.05) is 60.7 Å². The minimum absolute atomic E-state index is 0.0177. The first-order chi connectivity index (χ1) is 19.4. The van der Waals surface area contributed by atoms with Crippen molar-refractivity contribution in [2.45, 2.75) is 96.3 Å². The van der Waals surface area contributed by atoms with Gasteiger partial charge in [0.1, 0.15) is 5.78 Å². The summed E-state index contributed by atoms with van der Waals surface area (Å²) in [5.74, 6) is -1.21. The third-order valence-corrected chi connectivity index (χ3v) is 9.76. The first-order valence-electron chi connectivity index (χ1n) is 15.6. The van der Waals surface area contributed by atoms with Gasteiger partial charge in [0.25, 0.3) is 0 Å². The smallest absolute Gasteiger partial charge is 0.224 e. The van der Waals surface area contributed by atoms with E-state index in [1.54, 1.807) is 0 Å². The topological polar surface area (TPSA) is 103 Å². The van der Waals surface area contributed by atoms with Gasteiger partial charge in [-0.3, -0.25) is 14.4 Å². The molecule has 0 bridgehead atoms. The van der Waals surface area contributed by atoms with Crippen LogP contribution in [0.5, 0.6) is 0 Å². The highest BCUT2D eigenvalue weighted by molar-refractivity contribution is 5.93. The van der Waals surface area contributed by atoms with Crippen LogP contribution < -0.4 is 11.5 Å². The molecular formula is C35H48N2O3. The number of benzene rings is 2. The van der Waals surface area contributed by atoms with Gasteiger partial charge in [-0.05, 0) is 48.6 Å². The van der Waals surface area contributed by atoms with Crippen molar-refractivity contribution < 1.29 is 14.4 Å². The maximum atomic E-state index is 14.5. The molecule has 5 nitrogen and oxygen atoms in total. The molecule has 2 fully saturated rings. The minimum atomic E-state index is -0.979. The van der Waals surface area contributed by atoms with Crippen LogP contribution in [0, 0.1) is 29.1 Å². The summed E-state index contributed by atoms with van der Waals surface area (Å²) in [6.45, 7) is 0. The summed E-state index contributed by atoms with van der Waals surface area (Å²) in [5, 5.41) is 0. The van der Waals surface area contributed by atoms with Crippen LogP contribution in [0.3, 0.4) is 0 Å². The fourth-order valence-corrected chi connectivity index (χ4v) is 7.54. The number of primary amides is 2. The molecular weight excluding hydrogens is 496 g/mol. The van der Waals surface area contributed by atoms with Crippen molar-refractivity contribution in [3.05, 3.63) is 71.8 Å². The summed E-state index contributed by atoms with van der Waals surface area (Å²) in [5.41, 5.74) is 13.3. The number of nitrogens with two attached hydrogens (primary N) is 2. The molecule has 2 aromatic rings. The summed E-state index contributed by atoms with van der Waals surface area (Å²) in [7, 11) is 0. The highest BCUT2D eigenvalue weighted by Gasteiger charge is 2.49. The molecule has 0 spiro atoms. The molecule has 2 saturated carbocycles. The Kier molecular flexibility index (Phi) is 11.0. The summed E-state index contributed by atoms with van der Waals surface area (Å²) in [6, 6.07) is 19.8. The van der Waals surface area contributed by atoms with Gasteiger partial charge in [-0.2, -0.15) is 0 Å². The third-order valence-electron chi connectivity index (χ3n) is 9.76. The molecule has 4 rings (SSSR count). The number of hydrogen-bond donors (Lipinski definition) is 2. The molecule has 216 valence electrons. The Morgan fingerprint density at radius 3 is 1.77 bits per heavy atom.